The fraction of sp³-hybridized carbons (Fsp3) is 0.424. The fourth-order valence-electron chi connectivity index (χ4n) is 4.96. The number of pyridine rings is 1. The van der Waals surface area contributed by atoms with Crippen LogP contribution in [0.4, 0.5) is 23.1 Å². The van der Waals surface area contributed by atoms with Gasteiger partial charge in [-0.05, 0) is 58.8 Å². The molecule has 47 heavy (non-hydrogen) atoms. The molecule has 4 rings (SSSR count). The number of anilines is 1. The van der Waals surface area contributed by atoms with Crippen molar-refractivity contribution in [3.8, 4) is 10.6 Å². The van der Waals surface area contributed by atoms with Gasteiger partial charge in [0.2, 0.25) is 11.0 Å². The average molecular weight is 688 g/mol. The monoisotopic (exact) mass is 687 g/mol. The summed E-state index contributed by atoms with van der Waals surface area (Å²) in [5, 5.41) is 25.6. The number of hydrogen-bond donors (Lipinski definition) is 3. The number of hydrogen-bond acceptors (Lipinski definition) is 7. The van der Waals surface area contributed by atoms with Crippen LogP contribution in [0.3, 0.4) is 0 Å². The molecule has 0 aliphatic rings. The number of halogens is 3. The summed E-state index contributed by atoms with van der Waals surface area (Å²) in [6, 6.07) is 10.5. The van der Waals surface area contributed by atoms with Crippen molar-refractivity contribution in [2.45, 2.75) is 83.9 Å². The maximum absolute atomic E-state index is 14.1. The van der Waals surface area contributed by atoms with Gasteiger partial charge in [-0.25, -0.2) is 4.79 Å². The Hall–Kier alpha value is -3.88. The number of benzene rings is 2. The summed E-state index contributed by atoms with van der Waals surface area (Å²) in [6.07, 6.45) is -3.43. The first-order valence-electron chi connectivity index (χ1n) is 15.0. The van der Waals surface area contributed by atoms with E-state index in [2.05, 4.69) is 25.8 Å². The predicted octanol–water partition coefficient (Wildman–Crippen LogP) is 8.57. The number of nitrogens with zero attached hydrogens (tertiary/aromatic N) is 3. The van der Waals surface area contributed by atoms with Gasteiger partial charge in [0.25, 0.3) is 0 Å². The van der Waals surface area contributed by atoms with Crippen molar-refractivity contribution in [3.63, 3.8) is 0 Å². The normalized spacial score (nSPS) is 14.8. The molecule has 0 spiro atoms. The molecule has 1 unspecified atom stereocenters. The molecule has 0 radical (unpaired) electrons. The van der Waals surface area contributed by atoms with Crippen LogP contribution >= 0.6 is 11.3 Å². The number of amides is 2. The van der Waals surface area contributed by atoms with Gasteiger partial charge < -0.3 is 14.8 Å². The van der Waals surface area contributed by atoms with Gasteiger partial charge >= 0.3 is 12.3 Å². The number of carbonyl (C=O) groups excluding carboxylic acids is 1. The predicted molar refractivity (Wildman–Crippen MR) is 180 cm³/mol. The molecule has 0 saturated carbocycles. The van der Waals surface area contributed by atoms with Gasteiger partial charge in [0, 0.05) is 29.3 Å². The average Bonchev–Trinajstić information content (AvgIpc) is 3.43. The summed E-state index contributed by atoms with van der Waals surface area (Å²) in [7, 11) is -2.57. The van der Waals surface area contributed by atoms with Crippen LogP contribution in [0.5, 0.6) is 0 Å². The van der Waals surface area contributed by atoms with Gasteiger partial charge in [-0.3, -0.25) is 15.1 Å². The minimum atomic E-state index is -4.58. The van der Waals surface area contributed by atoms with E-state index in [4.69, 9.17) is 4.43 Å². The van der Waals surface area contributed by atoms with Crippen molar-refractivity contribution >= 4 is 47.6 Å². The number of aromatic nitrogens is 3. The molecule has 0 fully saturated rings. The second-order valence-corrected chi connectivity index (χ2v) is 19.8. The Bertz CT molecular complexity index is 1730. The van der Waals surface area contributed by atoms with E-state index in [9.17, 15) is 27.9 Å². The highest BCUT2D eigenvalue weighted by molar-refractivity contribution is 7.18. The molecule has 2 aromatic heterocycles. The summed E-state index contributed by atoms with van der Waals surface area (Å²) < 4.78 is 47.5. The third-order valence-electron chi connectivity index (χ3n) is 8.49. The zero-order chi connectivity index (χ0) is 34.9. The molecule has 14 heteroatoms. The Morgan fingerprint density at radius 2 is 1.60 bits per heavy atom. The van der Waals surface area contributed by atoms with E-state index in [1.807, 2.05) is 78.9 Å². The largest absolute Gasteiger partial charge is 0.465 e. The highest BCUT2D eigenvalue weighted by atomic mass is 32.1. The number of carbonyl (C=O) groups is 2. The minimum Gasteiger partial charge on any atom is -0.465 e. The molecule has 2 amide bonds. The minimum absolute atomic E-state index is 0.126. The quantitative estimate of drug-likeness (QED) is 0.151. The lowest BCUT2D eigenvalue weighted by Gasteiger charge is -2.47. The lowest BCUT2D eigenvalue weighted by atomic mass is 9.74. The molecule has 0 aliphatic heterocycles. The molecular formula is C33H40F3N5O4SSi. The van der Waals surface area contributed by atoms with Crippen molar-refractivity contribution in [1.29, 1.82) is 0 Å². The maximum atomic E-state index is 14.1. The first kappa shape index (κ1) is 36.0. The van der Waals surface area contributed by atoms with Crippen LogP contribution in [-0.4, -0.2) is 52.8 Å². The molecule has 4 aromatic rings. The van der Waals surface area contributed by atoms with E-state index >= 15 is 0 Å². The maximum Gasteiger partial charge on any atom is 0.416 e. The summed E-state index contributed by atoms with van der Waals surface area (Å²) >= 11 is 1.10. The van der Waals surface area contributed by atoms with Gasteiger partial charge in [0.15, 0.2) is 8.32 Å². The lowest BCUT2D eigenvalue weighted by molar-refractivity contribution is -0.137. The Balaban J connectivity index is 1.77. The molecular weight excluding hydrogens is 648 g/mol. The van der Waals surface area contributed by atoms with Crippen LogP contribution in [-0.2, 0) is 15.4 Å². The lowest BCUT2D eigenvalue weighted by Crippen LogP contribution is -2.56. The number of fused-ring (bicyclic) bond motifs is 1. The summed E-state index contributed by atoms with van der Waals surface area (Å²) in [5.74, 6) is -1.78. The van der Waals surface area contributed by atoms with Crippen LogP contribution < -0.4 is 10.6 Å². The van der Waals surface area contributed by atoms with E-state index in [0.717, 1.165) is 39.8 Å². The topological polar surface area (TPSA) is 126 Å². The molecule has 0 aliphatic carbocycles. The summed E-state index contributed by atoms with van der Waals surface area (Å²) in [6.45, 7) is 15.9. The standard InChI is InChI=1S/C33H40F3N5O4SSi/c1-31(2,3)26(45-47(7,8)32(4,5)6)24(19-11-13-23(14-12-19)33(34,35)36)25(38-30(43)44)27(42)39-29-41-40-28(46-29)21-9-10-22-18-37-16-15-20(22)17-21/h9-18,24-26,38H,1-8H3,(H,43,44)(H,39,41,42)/t24-,25+,26?/m1/s1. The molecule has 2 heterocycles. The number of carboxylic acid groups (broad SMARTS) is 1. The van der Waals surface area contributed by atoms with Crippen molar-refractivity contribution in [2.75, 3.05) is 5.32 Å². The van der Waals surface area contributed by atoms with E-state index in [1.54, 1.807) is 12.4 Å². The second-order valence-electron chi connectivity index (χ2n) is 14.1. The van der Waals surface area contributed by atoms with Crippen molar-refractivity contribution in [2.24, 2.45) is 5.41 Å². The number of alkyl halides is 3. The summed E-state index contributed by atoms with van der Waals surface area (Å²) in [5.41, 5.74) is -0.464. The van der Waals surface area contributed by atoms with Crippen LogP contribution in [0.15, 0.2) is 60.9 Å². The third-order valence-corrected chi connectivity index (χ3v) is 13.8. The number of rotatable bonds is 9. The Kier molecular flexibility index (Phi) is 10.2. The third kappa shape index (κ3) is 8.53. The molecule has 252 valence electrons. The van der Waals surface area contributed by atoms with E-state index in [-0.39, 0.29) is 10.2 Å². The Morgan fingerprint density at radius 1 is 0.936 bits per heavy atom. The van der Waals surface area contributed by atoms with Gasteiger partial charge in [0.05, 0.1) is 11.7 Å². The zero-order valence-electron chi connectivity index (χ0n) is 27.6. The van der Waals surface area contributed by atoms with Gasteiger partial charge in [-0.1, -0.05) is 77.1 Å². The van der Waals surface area contributed by atoms with E-state index < -0.39 is 55.5 Å². The van der Waals surface area contributed by atoms with Crippen molar-refractivity contribution in [1.82, 2.24) is 20.5 Å². The fourth-order valence-corrected chi connectivity index (χ4v) is 7.19. The van der Waals surface area contributed by atoms with Crippen molar-refractivity contribution in [3.05, 3.63) is 72.1 Å². The van der Waals surface area contributed by atoms with Gasteiger partial charge in [0.1, 0.15) is 11.0 Å². The molecule has 9 nitrogen and oxygen atoms in total. The first-order chi connectivity index (χ1) is 21.7. The highest BCUT2D eigenvalue weighted by Gasteiger charge is 2.48. The highest BCUT2D eigenvalue weighted by Crippen LogP contribution is 2.45. The van der Waals surface area contributed by atoms with Crippen LogP contribution in [0, 0.1) is 5.41 Å². The molecule has 2 aromatic carbocycles. The van der Waals surface area contributed by atoms with Crippen LogP contribution in [0.2, 0.25) is 18.1 Å². The number of nitrogens with one attached hydrogen (secondary N) is 2. The first-order valence-corrected chi connectivity index (χ1v) is 18.7. The van der Waals surface area contributed by atoms with Crippen LogP contribution in [0.1, 0.15) is 58.6 Å². The summed E-state index contributed by atoms with van der Waals surface area (Å²) in [4.78, 5) is 30.4. The SMILES string of the molecule is CC(C)(C)C(O[Si](C)(C)C(C)(C)C)[C@H](c1ccc(C(F)(F)F)cc1)[C@H](NC(=O)O)C(=O)Nc1nnc(-c2ccc3cnccc3c2)s1. The van der Waals surface area contributed by atoms with Gasteiger partial charge in [-0.2, -0.15) is 13.2 Å². The molecule has 3 atom stereocenters. The molecule has 0 saturated heterocycles. The van der Waals surface area contributed by atoms with Gasteiger partial charge in [-0.15, -0.1) is 10.2 Å². The Morgan fingerprint density at radius 3 is 2.17 bits per heavy atom. The molecule has 0 bridgehead atoms. The second kappa shape index (κ2) is 13.3. The van der Waals surface area contributed by atoms with Crippen molar-refractivity contribution < 1.29 is 32.3 Å². The molecule has 3 N–H and O–H groups in total. The zero-order valence-corrected chi connectivity index (χ0v) is 29.4. The van der Waals surface area contributed by atoms with Crippen LogP contribution in [0.25, 0.3) is 21.3 Å². The van der Waals surface area contributed by atoms with E-state index in [0.29, 0.717) is 10.6 Å². The smallest absolute Gasteiger partial charge is 0.416 e. The Labute approximate surface area is 277 Å². The van der Waals surface area contributed by atoms with E-state index in [1.165, 1.54) is 12.1 Å².